The lowest BCUT2D eigenvalue weighted by Crippen LogP contribution is -2.48. The van der Waals surface area contributed by atoms with Gasteiger partial charge in [-0.3, -0.25) is 0 Å². The number of hydrazine groups is 1. The van der Waals surface area contributed by atoms with Crippen LogP contribution in [0.3, 0.4) is 0 Å². The largest absolute Gasteiger partial charge is 0.375 e. The molecule has 0 bridgehead atoms. The van der Waals surface area contributed by atoms with Gasteiger partial charge in [-0.25, -0.2) is 13.4 Å². The minimum atomic E-state index is -3.92. The molecule has 0 aliphatic carbocycles. The van der Waals surface area contributed by atoms with Crippen LogP contribution in [0.2, 0.25) is 15.1 Å². The lowest BCUT2D eigenvalue weighted by Gasteiger charge is -2.23. The second-order valence-corrected chi connectivity index (χ2v) is 7.65. The fourth-order valence-electron chi connectivity index (χ4n) is 1.64. The third kappa shape index (κ3) is 4.47. The van der Waals surface area contributed by atoms with E-state index in [1.807, 2.05) is 0 Å². The van der Waals surface area contributed by atoms with E-state index in [1.165, 1.54) is 42.5 Å². The van der Waals surface area contributed by atoms with Crippen molar-refractivity contribution in [3.8, 4) is 0 Å². The number of nitrogens with zero attached hydrogens (tertiary/aromatic N) is 1. The number of nitrogens with one attached hydrogen (secondary N) is 1. The molecule has 0 fully saturated rings. The summed E-state index contributed by atoms with van der Waals surface area (Å²) < 4.78 is 24.8. The van der Waals surface area contributed by atoms with E-state index in [2.05, 4.69) is 4.83 Å². The molecule has 0 spiro atoms. The van der Waals surface area contributed by atoms with Gasteiger partial charge in [0.2, 0.25) is 0 Å². The summed E-state index contributed by atoms with van der Waals surface area (Å²) in [6, 6.07) is 10.1. The molecule has 0 saturated heterocycles. The Morgan fingerprint density at radius 3 is 2.17 bits per heavy atom. The first-order valence-electron chi connectivity index (χ1n) is 6.03. The van der Waals surface area contributed by atoms with Crippen molar-refractivity contribution in [1.29, 1.82) is 0 Å². The van der Waals surface area contributed by atoms with Gasteiger partial charge in [-0.15, -0.1) is 4.83 Å². The maximum Gasteiger partial charge on any atom is 0.257 e. The van der Waals surface area contributed by atoms with Crippen molar-refractivity contribution in [3.05, 3.63) is 57.5 Å². The Hall–Kier alpha value is -1.09. The molecule has 0 aliphatic rings. The summed E-state index contributed by atoms with van der Waals surface area (Å²) in [7, 11) is -3.92. The van der Waals surface area contributed by atoms with Crippen LogP contribution in [0.4, 0.5) is 5.69 Å². The summed E-state index contributed by atoms with van der Waals surface area (Å²) in [5.74, 6) is 0. The molecule has 10 heteroatoms. The number of sulfonamides is 1. The van der Waals surface area contributed by atoms with Crippen LogP contribution in [0.5, 0.6) is 0 Å². The van der Waals surface area contributed by atoms with E-state index in [1.54, 1.807) is 0 Å². The Morgan fingerprint density at radius 1 is 1.04 bits per heavy atom. The van der Waals surface area contributed by atoms with Gasteiger partial charge in [-0.2, -0.15) is 0 Å². The first kappa shape index (κ1) is 18.3. The number of hydrogen-bond acceptors (Lipinski definition) is 3. The van der Waals surface area contributed by atoms with Crippen molar-refractivity contribution in [2.75, 3.05) is 5.01 Å². The SMILES string of the molecule is NC(=S)N(NS(=O)(=O)c1ccc(Cl)cc1)c1ccc(Cl)c(Cl)c1. The standard InChI is InChI=1S/C13H10Cl3N3O2S2/c14-8-1-4-10(5-2-8)23(20,21)18-19(13(17)22)9-3-6-11(15)12(16)7-9/h1-7,18H,(H2,17,22). The summed E-state index contributed by atoms with van der Waals surface area (Å²) in [5, 5.41) is 1.78. The van der Waals surface area contributed by atoms with E-state index in [9.17, 15) is 8.42 Å². The third-order valence-electron chi connectivity index (χ3n) is 2.72. The Bertz CT molecular complexity index is 842. The fourth-order valence-corrected chi connectivity index (χ4v) is 3.31. The van der Waals surface area contributed by atoms with Crippen molar-refractivity contribution in [2.24, 2.45) is 5.73 Å². The minimum absolute atomic E-state index is 0.00297. The normalized spacial score (nSPS) is 11.3. The lowest BCUT2D eigenvalue weighted by molar-refractivity contribution is 0.583. The lowest BCUT2D eigenvalue weighted by atomic mass is 10.3. The van der Waals surface area contributed by atoms with Crippen LogP contribution in [0.15, 0.2) is 47.4 Å². The van der Waals surface area contributed by atoms with Crippen molar-refractivity contribution in [3.63, 3.8) is 0 Å². The van der Waals surface area contributed by atoms with Gasteiger partial charge in [0.15, 0.2) is 5.11 Å². The first-order valence-corrected chi connectivity index (χ1v) is 9.06. The molecule has 23 heavy (non-hydrogen) atoms. The summed E-state index contributed by atoms with van der Waals surface area (Å²) >= 11 is 22.4. The monoisotopic (exact) mass is 409 g/mol. The number of rotatable bonds is 4. The fraction of sp³-hybridized carbons (Fsp3) is 0. The number of benzene rings is 2. The Morgan fingerprint density at radius 2 is 1.65 bits per heavy atom. The maximum atomic E-state index is 12.4. The highest BCUT2D eigenvalue weighted by molar-refractivity contribution is 7.89. The molecular weight excluding hydrogens is 401 g/mol. The number of halogens is 3. The number of thiocarbonyl (C=S) groups is 1. The second kappa shape index (κ2) is 7.21. The van der Waals surface area contributed by atoms with Crippen LogP contribution < -0.4 is 15.6 Å². The van der Waals surface area contributed by atoms with Gasteiger partial charge in [0.05, 0.1) is 20.6 Å². The smallest absolute Gasteiger partial charge is 0.257 e. The number of hydrogen-bond donors (Lipinski definition) is 2. The highest BCUT2D eigenvalue weighted by Gasteiger charge is 2.21. The molecule has 2 aromatic rings. The quantitative estimate of drug-likeness (QED) is 0.595. The molecule has 0 aliphatic heterocycles. The minimum Gasteiger partial charge on any atom is -0.375 e. The van der Waals surface area contributed by atoms with E-state index in [0.29, 0.717) is 15.7 Å². The highest BCUT2D eigenvalue weighted by atomic mass is 35.5. The summed E-state index contributed by atoms with van der Waals surface area (Å²) in [6.07, 6.45) is 0. The zero-order valence-corrected chi connectivity index (χ0v) is 15.2. The Labute approximate surface area is 154 Å². The highest BCUT2D eigenvalue weighted by Crippen LogP contribution is 2.27. The molecule has 0 amide bonds. The maximum absolute atomic E-state index is 12.4. The summed E-state index contributed by atoms with van der Waals surface area (Å²) in [6.45, 7) is 0. The molecule has 0 radical (unpaired) electrons. The predicted molar refractivity (Wildman–Crippen MR) is 97.5 cm³/mol. The van der Waals surface area contributed by atoms with Gasteiger partial charge >= 0.3 is 0 Å². The van der Waals surface area contributed by atoms with Crippen molar-refractivity contribution in [1.82, 2.24) is 4.83 Å². The second-order valence-electron chi connectivity index (χ2n) is 4.32. The zero-order valence-electron chi connectivity index (χ0n) is 11.3. The predicted octanol–water partition coefficient (Wildman–Crippen LogP) is 3.59. The average Bonchev–Trinajstić information content (AvgIpc) is 2.48. The molecule has 0 heterocycles. The molecule has 0 atom stereocenters. The number of nitrogens with two attached hydrogens (primary N) is 1. The van der Waals surface area contributed by atoms with Crippen LogP contribution in [-0.2, 0) is 10.0 Å². The molecule has 0 saturated carbocycles. The van der Waals surface area contributed by atoms with E-state index >= 15 is 0 Å². The third-order valence-corrected chi connectivity index (χ3v) is 5.21. The van der Waals surface area contributed by atoms with E-state index in [-0.39, 0.29) is 15.0 Å². The van der Waals surface area contributed by atoms with Crippen LogP contribution in [0.1, 0.15) is 0 Å². The number of anilines is 1. The van der Waals surface area contributed by atoms with Crippen LogP contribution in [0.25, 0.3) is 0 Å². The van der Waals surface area contributed by atoms with Gasteiger partial charge in [0, 0.05) is 5.02 Å². The molecule has 5 nitrogen and oxygen atoms in total. The van der Waals surface area contributed by atoms with Crippen molar-refractivity contribution < 1.29 is 8.42 Å². The summed E-state index contributed by atoms with van der Waals surface area (Å²) in [4.78, 5) is 2.29. The van der Waals surface area contributed by atoms with Gasteiger partial charge in [-0.05, 0) is 54.7 Å². The van der Waals surface area contributed by atoms with Gasteiger partial charge in [-0.1, -0.05) is 34.8 Å². The van der Waals surface area contributed by atoms with Gasteiger partial charge in [0.1, 0.15) is 0 Å². The van der Waals surface area contributed by atoms with Crippen molar-refractivity contribution >= 4 is 67.8 Å². The molecular formula is C13H10Cl3N3O2S2. The van der Waals surface area contributed by atoms with Gasteiger partial charge < -0.3 is 5.73 Å². The van der Waals surface area contributed by atoms with Crippen LogP contribution in [-0.4, -0.2) is 13.5 Å². The summed E-state index contributed by atoms with van der Waals surface area (Å²) in [5.41, 5.74) is 5.92. The molecule has 122 valence electrons. The zero-order chi connectivity index (χ0) is 17.2. The Balaban J connectivity index is 2.37. The molecule has 3 N–H and O–H groups in total. The molecule has 0 unspecified atom stereocenters. The van der Waals surface area contributed by atoms with E-state index in [4.69, 9.17) is 52.8 Å². The van der Waals surface area contributed by atoms with Crippen LogP contribution in [0, 0.1) is 0 Å². The van der Waals surface area contributed by atoms with Gasteiger partial charge in [0.25, 0.3) is 10.0 Å². The van der Waals surface area contributed by atoms with E-state index in [0.717, 1.165) is 5.01 Å². The molecule has 2 aromatic carbocycles. The van der Waals surface area contributed by atoms with Crippen molar-refractivity contribution in [2.45, 2.75) is 4.90 Å². The topological polar surface area (TPSA) is 75.4 Å². The first-order chi connectivity index (χ1) is 10.7. The van der Waals surface area contributed by atoms with Crippen LogP contribution >= 0.6 is 47.0 Å². The Kier molecular flexibility index (Phi) is 5.72. The molecule has 0 aromatic heterocycles. The molecule has 2 rings (SSSR count). The van der Waals surface area contributed by atoms with E-state index < -0.39 is 10.0 Å². The average molecular weight is 411 g/mol.